The highest BCUT2D eigenvalue weighted by atomic mass is 79.9. The van der Waals surface area contributed by atoms with Gasteiger partial charge in [-0.05, 0) is 37.1 Å². The van der Waals surface area contributed by atoms with E-state index in [9.17, 15) is 0 Å². The summed E-state index contributed by atoms with van der Waals surface area (Å²) in [6.07, 6.45) is 5.70. The summed E-state index contributed by atoms with van der Waals surface area (Å²) in [7, 11) is 0. The molecule has 0 amide bonds. The van der Waals surface area contributed by atoms with Crippen LogP contribution in [0.4, 0.5) is 11.5 Å². The standard InChI is InChI=1S/C13H11BrClN3/c14-9-1-3-10(4-2-9)18(11-5-6-11)13-8-16-12(15)7-17-13/h1-4,7-8,11H,5-6H2. The fourth-order valence-electron chi connectivity index (χ4n) is 1.89. The van der Waals surface area contributed by atoms with E-state index >= 15 is 0 Å². The van der Waals surface area contributed by atoms with Crippen LogP contribution >= 0.6 is 27.5 Å². The van der Waals surface area contributed by atoms with Crippen molar-refractivity contribution in [2.75, 3.05) is 4.90 Å². The monoisotopic (exact) mass is 323 g/mol. The number of rotatable bonds is 3. The van der Waals surface area contributed by atoms with Crippen LogP contribution in [-0.4, -0.2) is 16.0 Å². The van der Waals surface area contributed by atoms with E-state index in [-0.39, 0.29) is 0 Å². The van der Waals surface area contributed by atoms with Crippen LogP contribution in [0.3, 0.4) is 0 Å². The molecule has 1 aliphatic carbocycles. The van der Waals surface area contributed by atoms with Gasteiger partial charge < -0.3 is 4.90 Å². The lowest BCUT2D eigenvalue weighted by molar-refractivity contribution is 0.932. The maximum Gasteiger partial charge on any atom is 0.151 e. The van der Waals surface area contributed by atoms with Crippen molar-refractivity contribution < 1.29 is 0 Å². The van der Waals surface area contributed by atoms with Gasteiger partial charge in [-0.15, -0.1) is 0 Å². The summed E-state index contributed by atoms with van der Waals surface area (Å²) in [4.78, 5) is 10.7. The van der Waals surface area contributed by atoms with Crippen LogP contribution in [0.5, 0.6) is 0 Å². The second kappa shape index (κ2) is 4.86. The van der Waals surface area contributed by atoms with Gasteiger partial charge in [0.25, 0.3) is 0 Å². The van der Waals surface area contributed by atoms with Gasteiger partial charge in [-0.25, -0.2) is 9.97 Å². The molecule has 1 fully saturated rings. The quantitative estimate of drug-likeness (QED) is 0.847. The molecule has 18 heavy (non-hydrogen) atoms. The van der Waals surface area contributed by atoms with Crippen molar-refractivity contribution in [2.24, 2.45) is 0 Å². The number of nitrogens with zero attached hydrogens (tertiary/aromatic N) is 3. The zero-order chi connectivity index (χ0) is 12.5. The highest BCUT2D eigenvalue weighted by Crippen LogP contribution is 2.37. The van der Waals surface area contributed by atoms with Gasteiger partial charge in [-0.2, -0.15) is 0 Å². The van der Waals surface area contributed by atoms with Gasteiger partial charge in [0.1, 0.15) is 5.15 Å². The van der Waals surface area contributed by atoms with Crippen LogP contribution in [0.1, 0.15) is 12.8 Å². The summed E-state index contributed by atoms with van der Waals surface area (Å²) in [6, 6.07) is 8.76. The Morgan fingerprint density at radius 2 is 1.83 bits per heavy atom. The van der Waals surface area contributed by atoms with Gasteiger partial charge in [0, 0.05) is 16.2 Å². The molecule has 0 N–H and O–H groups in total. The molecule has 3 nitrogen and oxygen atoms in total. The average molecular weight is 325 g/mol. The zero-order valence-corrected chi connectivity index (χ0v) is 11.9. The predicted molar refractivity (Wildman–Crippen MR) is 76.3 cm³/mol. The largest absolute Gasteiger partial charge is 0.322 e. The molecule has 0 atom stereocenters. The third kappa shape index (κ3) is 2.49. The SMILES string of the molecule is Clc1cnc(N(c2ccc(Br)cc2)C2CC2)cn1. The molecule has 0 radical (unpaired) electrons. The van der Waals surface area contributed by atoms with E-state index in [1.54, 1.807) is 12.4 Å². The molecular weight excluding hydrogens is 314 g/mol. The van der Waals surface area contributed by atoms with Crippen LogP contribution in [-0.2, 0) is 0 Å². The van der Waals surface area contributed by atoms with Gasteiger partial charge in [0.15, 0.2) is 5.82 Å². The molecule has 3 rings (SSSR count). The number of halogens is 2. The third-order valence-electron chi connectivity index (χ3n) is 2.87. The first kappa shape index (κ1) is 11.9. The topological polar surface area (TPSA) is 29.0 Å². The summed E-state index contributed by atoms with van der Waals surface area (Å²) in [5.41, 5.74) is 1.14. The van der Waals surface area contributed by atoms with Gasteiger partial charge in [0.2, 0.25) is 0 Å². The maximum absolute atomic E-state index is 5.78. The molecule has 2 aromatic rings. The summed E-state index contributed by atoms with van der Waals surface area (Å²) in [5.74, 6) is 0.851. The molecule has 1 heterocycles. The number of benzene rings is 1. The van der Waals surface area contributed by atoms with E-state index < -0.39 is 0 Å². The Labute approximate surface area is 119 Å². The first-order valence-electron chi connectivity index (χ1n) is 5.76. The first-order chi connectivity index (χ1) is 8.74. The van der Waals surface area contributed by atoms with E-state index in [2.05, 4.69) is 42.9 Å². The van der Waals surface area contributed by atoms with Crippen molar-refractivity contribution in [3.63, 3.8) is 0 Å². The minimum atomic E-state index is 0.422. The normalized spacial score (nSPS) is 14.6. The highest BCUT2D eigenvalue weighted by molar-refractivity contribution is 9.10. The zero-order valence-electron chi connectivity index (χ0n) is 9.55. The van der Waals surface area contributed by atoms with Gasteiger partial charge in [-0.1, -0.05) is 27.5 Å². The smallest absolute Gasteiger partial charge is 0.151 e. The first-order valence-corrected chi connectivity index (χ1v) is 6.93. The lowest BCUT2D eigenvalue weighted by atomic mass is 10.3. The van der Waals surface area contributed by atoms with Crippen molar-refractivity contribution in [1.29, 1.82) is 0 Å². The molecule has 0 unspecified atom stereocenters. The number of aromatic nitrogens is 2. The van der Waals surface area contributed by atoms with E-state index in [4.69, 9.17) is 11.6 Å². The Kier molecular flexibility index (Phi) is 3.22. The molecule has 0 bridgehead atoms. The molecule has 0 aliphatic heterocycles. The van der Waals surface area contributed by atoms with Crippen LogP contribution in [0.2, 0.25) is 5.15 Å². The number of hydrogen-bond donors (Lipinski definition) is 0. The molecule has 1 aromatic carbocycles. The lowest BCUT2D eigenvalue weighted by Crippen LogP contribution is -2.20. The van der Waals surface area contributed by atoms with Crippen LogP contribution in [0, 0.1) is 0 Å². The fourth-order valence-corrected chi connectivity index (χ4v) is 2.26. The van der Waals surface area contributed by atoms with E-state index in [1.807, 2.05) is 12.1 Å². The highest BCUT2D eigenvalue weighted by Gasteiger charge is 2.31. The van der Waals surface area contributed by atoms with Crippen molar-refractivity contribution in [2.45, 2.75) is 18.9 Å². The van der Waals surface area contributed by atoms with Gasteiger partial charge in [-0.3, -0.25) is 0 Å². The minimum Gasteiger partial charge on any atom is -0.322 e. The lowest BCUT2D eigenvalue weighted by Gasteiger charge is -2.23. The summed E-state index contributed by atoms with van der Waals surface area (Å²) in [5, 5.41) is 0.422. The minimum absolute atomic E-state index is 0.422. The molecule has 5 heteroatoms. The summed E-state index contributed by atoms with van der Waals surface area (Å²) >= 11 is 9.23. The van der Waals surface area contributed by atoms with Gasteiger partial charge in [0.05, 0.1) is 12.4 Å². The molecule has 1 aromatic heterocycles. The molecule has 0 spiro atoms. The Bertz CT molecular complexity index is 492. The summed E-state index contributed by atoms with van der Waals surface area (Å²) < 4.78 is 1.07. The van der Waals surface area contributed by atoms with Crippen molar-refractivity contribution in [1.82, 2.24) is 9.97 Å². The van der Waals surface area contributed by atoms with Crippen LogP contribution in [0.25, 0.3) is 0 Å². The predicted octanol–water partition coefficient (Wildman–Crippen LogP) is 4.19. The maximum atomic E-state index is 5.78. The van der Waals surface area contributed by atoms with E-state index in [0.717, 1.165) is 16.0 Å². The molecule has 0 saturated heterocycles. The van der Waals surface area contributed by atoms with Crippen molar-refractivity contribution in [3.8, 4) is 0 Å². The Morgan fingerprint density at radius 3 is 2.39 bits per heavy atom. The van der Waals surface area contributed by atoms with Crippen LogP contribution < -0.4 is 4.90 Å². The average Bonchev–Trinajstić information content (AvgIpc) is 3.19. The Morgan fingerprint density at radius 1 is 1.11 bits per heavy atom. The second-order valence-corrected chi connectivity index (χ2v) is 5.58. The number of hydrogen-bond acceptors (Lipinski definition) is 3. The van der Waals surface area contributed by atoms with Crippen molar-refractivity contribution >= 4 is 39.0 Å². The van der Waals surface area contributed by atoms with Crippen LogP contribution in [0.15, 0.2) is 41.1 Å². The van der Waals surface area contributed by atoms with Crippen molar-refractivity contribution in [3.05, 3.63) is 46.3 Å². The second-order valence-electron chi connectivity index (χ2n) is 4.27. The van der Waals surface area contributed by atoms with E-state index in [0.29, 0.717) is 11.2 Å². The Hall–Kier alpha value is -1.13. The molecular formula is C13H11BrClN3. The van der Waals surface area contributed by atoms with E-state index in [1.165, 1.54) is 12.8 Å². The number of anilines is 2. The molecule has 1 aliphatic rings. The van der Waals surface area contributed by atoms with Gasteiger partial charge >= 0.3 is 0 Å². The Balaban J connectivity index is 1.97. The molecule has 1 saturated carbocycles. The molecule has 92 valence electrons. The summed E-state index contributed by atoms with van der Waals surface area (Å²) in [6.45, 7) is 0. The fraction of sp³-hybridized carbons (Fsp3) is 0.231. The third-order valence-corrected chi connectivity index (χ3v) is 3.59.